The van der Waals surface area contributed by atoms with E-state index in [1.54, 1.807) is 25.9 Å². The fraction of sp³-hybridized carbons (Fsp3) is 0.364. The molecule has 5 nitrogen and oxygen atoms in total. The first-order valence-corrected chi connectivity index (χ1v) is 10.00. The normalized spacial score (nSPS) is 11.6. The molecule has 0 fully saturated rings. The molecule has 0 heterocycles. The lowest BCUT2D eigenvalue weighted by atomic mass is 10.1. The maximum absolute atomic E-state index is 12.5. The fourth-order valence-electron chi connectivity index (χ4n) is 2.79. The number of hydrogen-bond acceptors (Lipinski definition) is 3. The highest BCUT2D eigenvalue weighted by Gasteiger charge is 2.17. The molecule has 0 aromatic heterocycles. The molecule has 1 atom stereocenters. The molecule has 0 aliphatic heterocycles. The summed E-state index contributed by atoms with van der Waals surface area (Å²) in [5, 5.41) is 2.87. The Balaban J connectivity index is 1.94. The summed E-state index contributed by atoms with van der Waals surface area (Å²) in [5.74, 6) is 0.617. The van der Waals surface area contributed by atoms with Gasteiger partial charge in [-0.3, -0.25) is 9.59 Å². The Morgan fingerprint density at radius 2 is 1.68 bits per heavy atom. The standard InChI is InChI=1S/C22H27BrN2O3/c1-14-12-18(23)13-15(2)21(14)28-16(3)22(27)24-19-9-6-17(7-10-19)8-11-20(26)25(4)5/h6-7,9-10,12-13,16H,8,11H2,1-5H3,(H,24,27). The van der Waals surface area contributed by atoms with Gasteiger partial charge in [-0.1, -0.05) is 28.1 Å². The van der Waals surface area contributed by atoms with Crippen LogP contribution < -0.4 is 10.1 Å². The lowest BCUT2D eigenvalue weighted by Gasteiger charge is -2.18. The van der Waals surface area contributed by atoms with E-state index in [4.69, 9.17) is 4.74 Å². The molecule has 2 amide bonds. The zero-order chi connectivity index (χ0) is 20.8. The van der Waals surface area contributed by atoms with Crippen LogP contribution in [0.4, 0.5) is 5.69 Å². The maximum Gasteiger partial charge on any atom is 0.265 e. The minimum atomic E-state index is -0.629. The Bertz CT molecular complexity index is 824. The van der Waals surface area contributed by atoms with Crippen molar-refractivity contribution in [3.8, 4) is 5.75 Å². The molecule has 2 aromatic carbocycles. The van der Waals surface area contributed by atoms with Crippen LogP contribution in [0.15, 0.2) is 40.9 Å². The van der Waals surface area contributed by atoms with Gasteiger partial charge >= 0.3 is 0 Å². The Labute approximate surface area is 175 Å². The molecule has 28 heavy (non-hydrogen) atoms. The van der Waals surface area contributed by atoms with Crippen LogP contribution in [0.1, 0.15) is 30.0 Å². The van der Waals surface area contributed by atoms with Crippen LogP contribution >= 0.6 is 15.9 Å². The van der Waals surface area contributed by atoms with E-state index < -0.39 is 6.10 Å². The van der Waals surface area contributed by atoms with E-state index in [2.05, 4.69) is 21.2 Å². The van der Waals surface area contributed by atoms with E-state index in [1.807, 2.05) is 50.2 Å². The van der Waals surface area contributed by atoms with E-state index >= 15 is 0 Å². The molecule has 0 radical (unpaired) electrons. The zero-order valence-corrected chi connectivity index (χ0v) is 18.6. The van der Waals surface area contributed by atoms with Gasteiger partial charge in [-0.25, -0.2) is 0 Å². The molecular weight excluding hydrogens is 420 g/mol. The summed E-state index contributed by atoms with van der Waals surface area (Å²) in [4.78, 5) is 25.7. The predicted molar refractivity (Wildman–Crippen MR) is 116 cm³/mol. The summed E-state index contributed by atoms with van der Waals surface area (Å²) in [5.41, 5.74) is 3.71. The molecule has 2 rings (SSSR count). The van der Waals surface area contributed by atoms with E-state index in [0.717, 1.165) is 26.9 Å². The van der Waals surface area contributed by atoms with Crippen molar-refractivity contribution < 1.29 is 14.3 Å². The molecule has 6 heteroatoms. The number of nitrogens with zero attached hydrogens (tertiary/aromatic N) is 1. The van der Waals surface area contributed by atoms with Crippen molar-refractivity contribution in [2.24, 2.45) is 0 Å². The highest BCUT2D eigenvalue weighted by molar-refractivity contribution is 9.10. The third-order valence-electron chi connectivity index (χ3n) is 4.44. The molecule has 150 valence electrons. The number of carbonyl (C=O) groups excluding carboxylic acids is 2. The number of rotatable bonds is 7. The number of anilines is 1. The van der Waals surface area contributed by atoms with Gasteiger partial charge in [0.2, 0.25) is 5.91 Å². The van der Waals surface area contributed by atoms with Gasteiger partial charge in [-0.15, -0.1) is 0 Å². The third-order valence-corrected chi connectivity index (χ3v) is 4.89. The number of aryl methyl sites for hydroxylation is 3. The van der Waals surface area contributed by atoms with E-state index in [-0.39, 0.29) is 11.8 Å². The zero-order valence-electron chi connectivity index (χ0n) is 17.0. The first-order valence-electron chi connectivity index (χ1n) is 9.20. The monoisotopic (exact) mass is 446 g/mol. The van der Waals surface area contributed by atoms with Crippen molar-refractivity contribution in [1.29, 1.82) is 0 Å². The van der Waals surface area contributed by atoms with Crippen LogP contribution in [0.2, 0.25) is 0 Å². The smallest absolute Gasteiger partial charge is 0.265 e. The lowest BCUT2D eigenvalue weighted by Crippen LogP contribution is -2.30. The summed E-state index contributed by atoms with van der Waals surface area (Å²) in [6, 6.07) is 11.5. The Hall–Kier alpha value is -2.34. The number of halogens is 1. The molecule has 1 unspecified atom stereocenters. The van der Waals surface area contributed by atoms with E-state index in [9.17, 15) is 9.59 Å². The summed E-state index contributed by atoms with van der Waals surface area (Å²) in [6.45, 7) is 5.65. The number of carbonyl (C=O) groups is 2. The van der Waals surface area contributed by atoms with Crippen molar-refractivity contribution in [1.82, 2.24) is 4.90 Å². The summed E-state index contributed by atoms with van der Waals surface area (Å²) in [6.07, 6.45) is 0.512. The summed E-state index contributed by atoms with van der Waals surface area (Å²) in [7, 11) is 3.50. The first-order chi connectivity index (χ1) is 13.2. The summed E-state index contributed by atoms with van der Waals surface area (Å²) < 4.78 is 6.89. The average molecular weight is 447 g/mol. The fourth-order valence-corrected chi connectivity index (χ4v) is 3.47. The minimum absolute atomic E-state index is 0.0990. The van der Waals surface area contributed by atoms with Gasteiger partial charge < -0.3 is 15.0 Å². The third kappa shape index (κ3) is 6.09. The number of nitrogens with one attached hydrogen (secondary N) is 1. The molecule has 0 spiro atoms. The van der Waals surface area contributed by atoms with Gasteiger partial charge in [0.05, 0.1) is 0 Å². The molecule has 0 aliphatic rings. The number of amides is 2. The van der Waals surface area contributed by atoms with Gasteiger partial charge in [0.15, 0.2) is 6.10 Å². The Kier molecular flexibility index (Phi) is 7.63. The van der Waals surface area contributed by atoms with E-state index in [0.29, 0.717) is 18.5 Å². The molecule has 2 aromatic rings. The second kappa shape index (κ2) is 9.73. The summed E-state index contributed by atoms with van der Waals surface area (Å²) >= 11 is 3.46. The Morgan fingerprint density at radius 3 is 2.21 bits per heavy atom. The van der Waals surface area contributed by atoms with Gasteiger partial charge in [-0.05, 0) is 68.1 Å². The minimum Gasteiger partial charge on any atom is -0.480 e. The SMILES string of the molecule is Cc1cc(Br)cc(C)c1OC(C)C(=O)Nc1ccc(CCC(=O)N(C)C)cc1. The van der Waals surface area contributed by atoms with Gasteiger partial charge in [0.25, 0.3) is 5.91 Å². The Morgan fingerprint density at radius 1 is 1.11 bits per heavy atom. The van der Waals surface area contributed by atoms with Gasteiger partial charge in [0, 0.05) is 30.7 Å². The lowest BCUT2D eigenvalue weighted by molar-refractivity contribution is -0.128. The molecule has 0 aliphatic carbocycles. The molecule has 0 saturated carbocycles. The highest BCUT2D eigenvalue weighted by Crippen LogP contribution is 2.28. The second-order valence-corrected chi connectivity index (χ2v) is 8.02. The number of benzene rings is 2. The van der Waals surface area contributed by atoms with Crippen LogP contribution in [0, 0.1) is 13.8 Å². The largest absolute Gasteiger partial charge is 0.480 e. The van der Waals surface area contributed by atoms with Crippen LogP contribution in [-0.4, -0.2) is 36.9 Å². The molecular formula is C22H27BrN2O3. The van der Waals surface area contributed by atoms with Crippen molar-refractivity contribution in [3.05, 3.63) is 57.6 Å². The topological polar surface area (TPSA) is 58.6 Å². The van der Waals surface area contributed by atoms with Crippen molar-refractivity contribution in [2.45, 2.75) is 39.7 Å². The average Bonchev–Trinajstić information content (AvgIpc) is 2.63. The second-order valence-electron chi connectivity index (χ2n) is 7.10. The van der Waals surface area contributed by atoms with Crippen LogP contribution in [0.3, 0.4) is 0 Å². The van der Waals surface area contributed by atoms with Crippen molar-refractivity contribution in [3.63, 3.8) is 0 Å². The maximum atomic E-state index is 12.5. The van der Waals surface area contributed by atoms with Gasteiger partial charge in [0.1, 0.15) is 5.75 Å². The molecule has 1 N–H and O–H groups in total. The van der Waals surface area contributed by atoms with Crippen LogP contribution in [-0.2, 0) is 16.0 Å². The molecule has 0 saturated heterocycles. The van der Waals surface area contributed by atoms with Crippen LogP contribution in [0.5, 0.6) is 5.75 Å². The van der Waals surface area contributed by atoms with Crippen molar-refractivity contribution >= 4 is 33.4 Å². The highest BCUT2D eigenvalue weighted by atomic mass is 79.9. The van der Waals surface area contributed by atoms with Crippen molar-refractivity contribution in [2.75, 3.05) is 19.4 Å². The van der Waals surface area contributed by atoms with E-state index in [1.165, 1.54) is 0 Å². The number of ether oxygens (including phenoxy) is 1. The van der Waals surface area contributed by atoms with Gasteiger partial charge in [-0.2, -0.15) is 0 Å². The van der Waals surface area contributed by atoms with Crippen LogP contribution in [0.25, 0.3) is 0 Å². The first kappa shape index (κ1) is 22.0. The number of hydrogen-bond donors (Lipinski definition) is 1. The molecule has 0 bridgehead atoms. The predicted octanol–water partition coefficient (Wildman–Crippen LogP) is 4.49. The quantitative estimate of drug-likeness (QED) is 0.681.